The van der Waals surface area contributed by atoms with Gasteiger partial charge in [-0.2, -0.15) is 0 Å². The molecule has 0 spiro atoms. The number of H-pyrrole nitrogens is 1. The third kappa shape index (κ3) is 10.0. The van der Waals surface area contributed by atoms with Gasteiger partial charge >= 0.3 is 0 Å². The van der Waals surface area contributed by atoms with Gasteiger partial charge in [0.1, 0.15) is 0 Å². The molecule has 88 valence electrons. The molecular weight excluding hydrogens is 206 g/mol. The number of benzene rings is 1. The molecule has 2 aromatic rings. The minimum atomic E-state index is 1.17. The van der Waals surface area contributed by atoms with Gasteiger partial charge in [-0.15, -0.1) is 0 Å². The highest BCUT2D eigenvalue weighted by Crippen LogP contribution is 1.97. The second kappa shape index (κ2) is 11.8. The molecule has 0 amide bonds. The van der Waals surface area contributed by atoms with Crippen molar-refractivity contribution in [3.63, 3.8) is 0 Å². The van der Waals surface area contributed by atoms with Crippen LogP contribution in [-0.2, 0) is 0 Å². The lowest BCUT2D eigenvalue weighted by Crippen LogP contribution is -1.63. The summed E-state index contributed by atoms with van der Waals surface area (Å²) in [5.41, 5.74) is 1.17. The van der Waals surface area contributed by atoms with Gasteiger partial charge in [-0.05, 0) is 17.7 Å². The zero-order valence-electron chi connectivity index (χ0n) is 10.0. The van der Waals surface area contributed by atoms with Gasteiger partial charge < -0.3 is 4.98 Å². The predicted octanol–water partition coefficient (Wildman–Crippen LogP) is 4.70. The van der Waals surface area contributed by atoms with E-state index in [4.69, 9.17) is 0 Å². The number of rotatable bonds is 2. The van der Waals surface area contributed by atoms with Crippen LogP contribution in [0.5, 0.6) is 0 Å². The summed E-state index contributed by atoms with van der Waals surface area (Å²) in [4.78, 5) is 2.86. The van der Waals surface area contributed by atoms with E-state index in [-0.39, 0.29) is 0 Å². The Morgan fingerprint density at radius 1 is 0.765 bits per heavy atom. The van der Waals surface area contributed by atoms with Crippen molar-refractivity contribution < 1.29 is 0 Å². The van der Waals surface area contributed by atoms with E-state index in [1.807, 2.05) is 60.9 Å². The lowest BCUT2D eigenvalue weighted by atomic mass is 10.2. The Kier molecular flexibility index (Phi) is 10.2. The van der Waals surface area contributed by atoms with Crippen LogP contribution in [0.1, 0.15) is 5.56 Å². The molecule has 2 rings (SSSR count). The van der Waals surface area contributed by atoms with E-state index >= 15 is 0 Å². The summed E-state index contributed by atoms with van der Waals surface area (Å²) >= 11 is 0. The highest BCUT2D eigenvalue weighted by molar-refractivity contribution is 5.45. The topological polar surface area (TPSA) is 15.8 Å². The van der Waals surface area contributed by atoms with Gasteiger partial charge in [0.25, 0.3) is 0 Å². The molecule has 0 saturated carbocycles. The van der Waals surface area contributed by atoms with Gasteiger partial charge in [-0.3, -0.25) is 0 Å². The SMILES string of the molecule is C=CC=C.C=Cc1ccccc1.c1cc[nH]c1. The second-order valence-corrected chi connectivity index (χ2v) is 2.97. The van der Waals surface area contributed by atoms with Gasteiger partial charge in [0.05, 0.1) is 0 Å². The Labute approximate surface area is 104 Å². The van der Waals surface area contributed by atoms with Crippen LogP contribution in [0.25, 0.3) is 6.08 Å². The molecule has 0 radical (unpaired) electrons. The summed E-state index contributed by atoms with van der Waals surface area (Å²) in [5.74, 6) is 0. The summed E-state index contributed by atoms with van der Waals surface area (Å²) in [6.45, 7) is 10.4. The monoisotopic (exact) mass is 225 g/mol. The molecule has 1 aromatic carbocycles. The first kappa shape index (κ1) is 14.7. The zero-order chi connectivity index (χ0) is 12.8. The van der Waals surface area contributed by atoms with Crippen molar-refractivity contribution in [2.75, 3.05) is 0 Å². The van der Waals surface area contributed by atoms with E-state index in [2.05, 4.69) is 24.7 Å². The Morgan fingerprint density at radius 2 is 1.29 bits per heavy atom. The van der Waals surface area contributed by atoms with E-state index < -0.39 is 0 Å². The summed E-state index contributed by atoms with van der Waals surface area (Å²) in [6, 6.07) is 13.9. The molecule has 0 fully saturated rings. The van der Waals surface area contributed by atoms with Crippen LogP contribution in [0, 0.1) is 0 Å². The van der Waals surface area contributed by atoms with Crippen LogP contribution in [-0.4, -0.2) is 4.98 Å². The van der Waals surface area contributed by atoms with Gasteiger partial charge in [-0.1, -0.05) is 68.3 Å². The van der Waals surface area contributed by atoms with Crippen molar-refractivity contribution in [3.05, 3.63) is 92.3 Å². The molecule has 0 saturated heterocycles. The molecule has 1 heteroatoms. The van der Waals surface area contributed by atoms with Gasteiger partial charge in [-0.25, -0.2) is 0 Å². The van der Waals surface area contributed by atoms with Crippen molar-refractivity contribution >= 4 is 6.08 Å². The lowest BCUT2D eigenvalue weighted by molar-refractivity contribution is 1.42. The summed E-state index contributed by atoms with van der Waals surface area (Å²) in [7, 11) is 0. The quantitative estimate of drug-likeness (QED) is 0.713. The number of hydrogen-bond acceptors (Lipinski definition) is 0. The fourth-order valence-corrected chi connectivity index (χ4v) is 0.867. The van der Waals surface area contributed by atoms with E-state index in [0.29, 0.717) is 0 Å². The smallest absolute Gasteiger partial charge is 0.000496 e. The zero-order valence-corrected chi connectivity index (χ0v) is 10.0. The van der Waals surface area contributed by atoms with Crippen LogP contribution in [0.2, 0.25) is 0 Å². The standard InChI is InChI=1S/C8H8.C4H5N.C4H6/c1-2-8-6-4-3-5-7-8;1-2-4-5-3-1;1-3-4-2/h2-7H,1H2;1-5H;3-4H,1-2H2. The second-order valence-electron chi connectivity index (χ2n) is 2.97. The number of hydrogen-bond donors (Lipinski definition) is 1. The highest BCUT2D eigenvalue weighted by Gasteiger charge is 1.75. The fraction of sp³-hybridized carbons (Fsp3) is 0. The van der Waals surface area contributed by atoms with Gasteiger partial charge in [0, 0.05) is 12.4 Å². The number of aromatic nitrogens is 1. The fourth-order valence-electron chi connectivity index (χ4n) is 0.867. The number of nitrogens with one attached hydrogen (secondary N) is 1. The Hall–Kier alpha value is -2.28. The molecule has 1 aromatic heterocycles. The molecule has 0 unspecified atom stereocenters. The highest BCUT2D eigenvalue weighted by atomic mass is 14.6. The normalized spacial score (nSPS) is 7.53. The maximum atomic E-state index is 3.63. The van der Waals surface area contributed by atoms with Crippen molar-refractivity contribution in [2.24, 2.45) is 0 Å². The van der Waals surface area contributed by atoms with Crippen LogP contribution in [0.15, 0.2) is 86.7 Å². The molecule has 17 heavy (non-hydrogen) atoms. The third-order valence-electron chi connectivity index (χ3n) is 1.70. The average molecular weight is 225 g/mol. The largest absolute Gasteiger partial charge is 0.368 e. The van der Waals surface area contributed by atoms with Crippen molar-refractivity contribution in [1.82, 2.24) is 4.98 Å². The van der Waals surface area contributed by atoms with E-state index in [1.165, 1.54) is 5.56 Å². The predicted molar refractivity (Wildman–Crippen MR) is 77.7 cm³/mol. The van der Waals surface area contributed by atoms with Crippen molar-refractivity contribution in [3.8, 4) is 0 Å². The maximum absolute atomic E-state index is 3.63. The first-order valence-electron chi connectivity index (χ1n) is 5.33. The van der Waals surface area contributed by atoms with Gasteiger partial charge in [0.15, 0.2) is 0 Å². The first-order chi connectivity index (χ1) is 8.35. The molecule has 1 nitrogen and oxygen atoms in total. The van der Waals surface area contributed by atoms with Crippen molar-refractivity contribution in [2.45, 2.75) is 0 Å². The minimum absolute atomic E-state index is 1.17. The molecule has 0 bridgehead atoms. The molecule has 0 atom stereocenters. The van der Waals surface area contributed by atoms with E-state index in [0.717, 1.165) is 0 Å². The molecule has 0 aliphatic rings. The van der Waals surface area contributed by atoms with E-state index in [1.54, 1.807) is 12.2 Å². The Balaban J connectivity index is 0.000000246. The average Bonchev–Trinajstić information content (AvgIpc) is 2.99. The van der Waals surface area contributed by atoms with Crippen LogP contribution < -0.4 is 0 Å². The maximum Gasteiger partial charge on any atom is 0.000496 e. The molecule has 0 aliphatic carbocycles. The van der Waals surface area contributed by atoms with Gasteiger partial charge in [0.2, 0.25) is 0 Å². The van der Waals surface area contributed by atoms with Crippen LogP contribution in [0.3, 0.4) is 0 Å². The first-order valence-corrected chi connectivity index (χ1v) is 5.33. The lowest BCUT2D eigenvalue weighted by Gasteiger charge is -1.85. The number of aromatic amines is 1. The molecule has 1 N–H and O–H groups in total. The Morgan fingerprint density at radius 3 is 1.53 bits per heavy atom. The van der Waals surface area contributed by atoms with E-state index in [9.17, 15) is 0 Å². The summed E-state index contributed by atoms with van der Waals surface area (Å²) < 4.78 is 0. The van der Waals surface area contributed by atoms with Crippen LogP contribution >= 0.6 is 0 Å². The van der Waals surface area contributed by atoms with Crippen molar-refractivity contribution in [1.29, 1.82) is 0 Å². The molecule has 1 heterocycles. The summed E-state index contributed by atoms with van der Waals surface area (Å²) in [5, 5.41) is 0. The molecular formula is C16H19N. The Bertz CT molecular complexity index is 362. The summed E-state index contributed by atoms with van der Waals surface area (Å²) in [6.07, 6.45) is 8.86. The van der Waals surface area contributed by atoms with Crippen LogP contribution in [0.4, 0.5) is 0 Å². The third-order valence-corrected chi connectivity index (χ3v) is 1.70. The molecule has 0 aliphatic heterocycles. The minimum Gasteiger partial charge on any atom is -0.368 e. The number of allylic oxidation sites excluding steroid dienone is 2.